The van der Waals surface area contributed by atoms with Gasteiger partial charge in [-0.1, -0.05) is 54.7 Å². The maximum absolute atomic E-state index is 2.24. The van der Waals surface area contributed by atoms with E-state index in [2.05, 4.69) is 61.6 Å². The van der Waals surface area contributed by atoms with Crippen molar-refractivity contribution in [3.05, 3.63) is 71.4 Å². The van der Waals surface area contributed by atoms with Gasteiger partial charge in [0.1, 0.15) is 0 Å². The minimum atomic E-state index is 1.03. The van der Waals surface area contributed by atoms with Crippen LogP contribution < -0.4 is 0 Å². The Morgan fingerprint density at radius 2 is 1.80 bits per heavy atom. The van der Waals surface area contributed by atoms with E-state index in [1.165, 1.54) is 16.7 Å². The highest BCUT2D eigenvalue weighted by atomic mass is 14.1. The Morgan fingerprint density at radius 3 is 2.73 bits per heavy atom. The normalized spacial score (nSPS) is 20.2. The van der Waals surface area contributed by atoms with Crippen LogP contribution in [0, 0.1) is 0 Å². The Balaban J connectivity index is 2.36. The van der Waals surface area contributed by atoms with Crippen molar-refractivity contribution >= 4 is 0 Å². The summed E-state index contributed by atoms with van der Waals surface area (Å²) in [6.45, 7) is 2.18. The Hall–Kier alpha value is -1.56. The van der Waals surface area contributed by atoms with E-state index >= 15 is 0 Å². The van der Waals surface area contributed by atoms with E-state index in [9.17, 15) is 0 Å². The molecule has 0 atom stereocenters. The van der Waals surface area contributed by atoms with Crippen LogP contribution >= 0.6 is 0 Å². The minimum absolute atomic E-state index is 1.03. The summed E-state index contributed by atoms with van der Waals surface area (Å²) in [5.74, 6) is 0. The van der Waals surface area contributed by atoms with E-state index < -0.39 is 0 Å². The van der Waals surface area contributed by atoms with Crippen molar-refractivity contribution in [3.63, 3.8) is 0 Å². The van der Waals surface area contributed by atoms with Gasteiger partial charge < -0.3 is 0 Å². The first kappa shape index (κ1) is 9.97. The first-order valence-electron chi connectivity index (χ1n) is 5.44. The van der Waals surface area contributed by atoms with E-state index in [1.54, 1.807) is 0 Å². The third kappa shape index (κ3) is 2.47. The molecule has 0 heterocycles. The smallest absolute Gasteiger partial charge is 0.00883 e. The third-order valence-electron chi connectivity index (χ3n) is 2.69. The van der Waals surface area contributed by atoms with E-state index in [0.29, 0.717) is 0 Å². The van der Waals surface area contributed by atoms with Gasteiger partial charge in [-0.25, -0.2) is 0 Å². The summed E-state index contributed by atoms with van der Waals surface area (Å²) >= 11 is 0. The lowest BCUT2D eigenvalue weighted by Crippen LogP contribution is -1.88. The van der Waals surface area contributed by atoms with E-state index in [0.717, 1.165) is 12.8 Å². The number of allylic oxidation sites excluding steroid dienone is 12. The van der Waals surface area contributed by atoms with Crippen LogP contribution in [0.5, 0.6) is 0 Å². The molecule has 0 aliphatic heterocycles. The van der Waals surface area contributed by atoms with Crippen LogP contribution in [-0.4, -0.2) is 0 Å². The maximum atomic E-state index is 2.24. The number of rotatable bonds is 1. The fourth-order valence-corrected chi connectivity index (χ4v) is 1.87. The van der Waals surface area contributed by atoms with Gasteiger partial charge in [-0.2, -0.15) is 0 Å². The second-order valence-corrected chi connectivity index (χ2v) is 3.85. The molecular weight excluding hydrogens is 180 g/mol. The molecule has 0 heteroatoms. The summed E-state index contributed by atoms with van der Waals surface area (Å²) in [5, 5.41) is 0. The van der Waals surface area contributed by atoms with Gasteiger partial charge in [0.2, 0.25) is 0 Å². The molecule has 0 N–H and O–H groups in total. The lowest BCUT2D eigenvalue weighted by molar-refractivity contribution is 1.22. The van der Waals surface area contributed by atoms with Gasteiger partial charge in [0.25, 0.3) is 0 Å². The van der Waals surface area contributed by atoms with Crippen molar-refractivity contribution in [2.75, 3.05) is 0 Å². The van der Waals surface area contributed by atoms with Gasteiger partial charge in [0, 0.05) is 0 Å². The molecule has 0 unspecified atom stereocenters. The second-order valence-electron chi connectivity index (χ2n) is 3.85. The van der Waals surface area contributed by atoms with Crippen LogP contribution in [0.4, 0.5) is 0 Å². The minimum Gasteiger partial charge on any atom is -0.0805 e. The summed E-state index contributed by atoms with van der Waals surface area (Å²) in [7, 11) is 0. The van der Waals surface area contributed by atoms with Crippen LogP contribution in [0.1, 0.15) is 19.8 Å². The molecule has 15 heavy (non-hydrogen) atoms. The molecular formula is C15H16. The molecule has 0 nitrogen and oxygen atoms in total. The van der Waals surface area contributed by atoms with E-state index in [4.69, 9.17) is 0 Å². The van der Waals surface area contributed by atoms with Crippen molar-refractivity contribution in [2.24, 2.45) is 0 Å². The van der Waals surface area contributed by atoms with Gasteiger partial charge in [0.15, 0.2) is 0 Å². The Morgan fingerprint density at radius 1 is 0.933 bits per heavy atom. The molecule has 0 aromatic rings. The lowest BCUT2D eigenvalue weighted by Gasteiger charge is -2.07. The van der Waals surface area contributed by atoms with Crippen LogP contribution in [0.3, 0.4) is 0 Å². The zero-order chi connectivity index (χ0) is 10.5. The predicted molar refractivity (Wildman–Crippen MR) is 66.6 cm³/mol. The number of hydrogen-bond donors (Lipinski definition) is 0. The van der Waals surface area contributed by atoms with Gasteiger partial charge >= 0.3 is 0 Å². The molecule has 0 spiro atoms. The fraction of sp³-hybridized carbons (Fsp3) is 0.200. The van der Waals surface area contributed by atoms with Crippen molar-refractivity contribution in [1.29, 1.82) is 0 Å². The molecule has 0 aromatic heterocycles. The van der Waals surface area contributed by atoms with Gasteiger partial charge in [-0.3, -0.25) is 0 Å². The molecule has 0 fully saturated rings. The summed E-state index contributed by atoms with van der Waals surface area (Å²) < 4.78 is 0. The Bertz CT molecular complexity index is 409. The largest absolute Gasteiger partial charge is 0.0805 e. The van der Waals surface area contributed by atoms with Gasteiger partial charge in [-0.05, 0) is 36.5 Å². The molecule has 0 saturated carbocycles. The summed E-state index contributed by atoms with van der Waals surface area (Å²) in [6, 6.07) is 0. The monoisotopic (exact) mass is 196 g/mol. The Labute approximate surface area is 91.7 Å². The zero-order valence-corrected chi connectivity index (χ0v) is 9.11. The van der Waals surface area contributed by atoms with Crippen molar-refractivity contribution in [3.8, 4) is 0 Å². The van der Waals surface area contributed by atoms with Crippen LogP contribution in [0.2, 0.25) is 0 Å². The molecule has 0 amide bonds. The van der Waals surface area contributed by atoms with E-state index in [1.807, 2.05) is 0 Å². The van der Waals surface area contributed by atoms with Crippen molar-refractivity contribution < 1.29 is 0 Å². The molecule has 0 radical (unpaired) electrons. The Kier molecular flexibility index (Phi) is 3.18. The second kappa shape index (κ2) is 4.79. The molecule has 2 aliphatic rings. The molecule has 76 valence electrons. The lowest BCUT2D eigenvalue weighted by atomic mass is 9.98. The first-order valence-corrected chi connectivity index (χ1v) is 5.44. The quantitative estimate of drug-likeness (QED) is 0.587. The molecule has 0 saturated heterocycles. The topological polar surface area (TPSA) is 0 Å². The van der Waals surface area contributed by atoms with Gasteiger partial charge in [0.05, 0.1) is 0 Å². The highest BCUT2D eigenvalue weighted by molar-refractivity contribution is 5.50. The molecule has 2 rings (SSSR count). The van der Waals surface area contributed by atoms with Crippen LogP contribution in [0.25, 0.3) is 0 Å². The SMILES string of the molecule is CC1=C(C2=CC=CC=CC2)C=CCC=C1. The summed E-state index contributed by atoms with van der Waals surface area (Å²) in [4.78, 5) is 0. The summed E-state index contributed by atoms with van der Waals surface area (Å²) in [6.07, 6.45) is 21.7. The van der Waals surface area contributed by atoms with Gasteiger partial charge in [-0.15, -0.1) is 0 Å². The average molecular weight is 196 g/mol. The van der Waals surface area contributed by atoms with Crippen molar-refractivity contribution in [1.82, 2.24) is 0 Å². The zero-order valence-electron chi connectivity index (χ0n) is 9.11. The standard InChI is InChI=1S/C15H16/c1-13-9-5-4-8-12-15(13)14-10-6-2-3-7-11-14/h2-3,5-10,12H,4,11H2,1H3. The maximum Gasteiger partial charge on any atom is -0.00883 e. The highest BCUT2D eigenvalue weighted by Gasteiger charge is 2.05. The third-order valence-corrected chi connectivity index (χ3v) is 2.69. The average Bonchev–Trinajstić information content (AvgIpc) is 2.59. The highest BCUT2D eigenvalue weighted by Crippen LogP contribution is 2.24. The predicted octanol–water partition coefficient (Wildman–Crippen LogP) is 4.26. The first-order chi connectivity index (χ1) is 7.38. The molecule has 2 aliphatic carbocycles. The van der Waals surface area contributed by atoms with E-state index in [-0.39, 0.29) is 0 Å². The van der Waals surface area contributed by atoms with Crippen molar-refractivity contribution in [2.45, 2.75) is 19.8 Å². The number of hydrogen-bond acceptors (Lipinski definition) is 0. The molecule has 0 bridgehead atoms. The van der Waals surface area contributed by atoms with Crippen LogP contribution in [0.15, 0.2) is 71.4 Å². The fourth-order valence-electron chi connectivity index (χ4n) is 1.87. The van der Waals surface area contributed by atoms with Crippen LogP contribution in [-0.2, 0) is 0 Å². The molecule has 0 aromatic carbocycles. The summed E-state index contributed by atoms with van der Waals surface area (Å²) in [5.41, 5.74) is 4.14.